The predicted octanol–water partition coefficient (Wildman–Crippen LogP) is 2.14. The van der Waals surface area contributed by atoms with Crippen molar-refractivity contribution < 1.29 is 0 Å². The maximum Gasteiger partial charge on any atom is 0.0441 e. The fraction of sp³-hybridized carbons (Fsp3) is 0.455. The largest absolute Gasteiger partial charge is 0.313 e. The average molecular weight is 174 g/mol. The highest BCUT2D eigenvalue weighted by atomic mass is 14.7. The number of aryl methyl sites for hydroxylation is 1. The topological polar surface area (TPSA) is 36.7 Å². The third kappa shape index (κ3) is 1.48. The van der Waals surface area contributed by atoms with Gasteiger partial charge in [0.25, 0.3) is 0 Å². The molecule has 0 bridgehead atoms. The summed E-state index contributed by atoms with van der Waals surface area (Å²) in [6.07, 6.45) is 6.49. The fourth-order valence-corrected chi connectivity index (χ4v) is 2.07. The zero-order valence-corrected chi connectivity index (χ0v) is 7.88. The molecule has 2 nitrogen and oxygen atoms in total. The molecule has 0 fully saturated rings. The summed E-state index contributed by atoms with van der Waals surface area (Å²) in [5.41, 5.74) is 4.04. The van der Waals surface area contributed by atoms with Gasteiger partial charge in [0.15, 0.2) is 0 Å². The van der Waals surface area contributed by atoms with E-state index in [0.29, 0.717) is 5.92 Å². The molecule has 2 heteroatoms. The van der Waals surface area contributed by atoms with Crippen molar-refractivity contribution in [1.82, 2.24) is 4.98 Å². The molecule has 0 aromatic carbocycles. The molecule has 1 aliphatic rings. The maximum absolute atomic E-state index is 7.08. The first-order valence-electron chi connectivity index (χ1n) is 4.73. The number of pyridine rings is 1. The number of nitrogens with one attached hydrogen (secondary N) is 1. The van der Waals surface area contributed by atoms with Crippen LogP contribution in [0.25, 0.3) is 0 Å². The van der Waals surface area contributed by atoms with Gasteiger partial charge in [0, 0.05) is 11.9 Å². The minimum Gasteiger partial charge on any atom is -0.313 e. The second-order valence-electron chi connectivity index (χ2n) is 3.77. The molecule has 1 heterocycles. The summed E-state index contributed by atoms with van der Waals surface area (Å²) < 4.78 is 0. The minimum atomic E-state index is 0.626. The molecule has 0 saturated carbocycles. The number of nitrogens with zero attached hydrogens (tertiary/aromatic N) is 1. The summed E-state index contributed by atoms with van der Waals surface area (Å²) in [6.45, 7) is 2.15. The van der Waals surface area contributed by atoms with Crippen LogP contribution in [0.2, 0.25) is 0 Å². The monoisotopic (exact) mass is 174 g/mol. The standard InChI is InChI=1S/C11H14N2/c1-8-3-5-13-11-7-9(2-4-12)6-10(8)11/h3-5,9,12H,2,6-7H2,1H3. The molecule has 1 unspecified atom stereocenters. The molecule has 1 aliphatic carbocycles. The van der Waals surface area contributed by atoms with E-state index in [0.717, 1.165) is 19.3 Å². The SMILES string of the molecule is Cc1ccnc2c1CC(CC=N)C2. The van der Waals surface area contributed by atoms with E-state index >= 15 is 0 Å². The highest BCUT2D eigenvalue weighted by Crippen LogP contribution is 2.28. The molecule has 1 atom stereocenters. The summed E-state index contributed by atoms with van der Waals surface area (Å²) in [5, 5.41) is 7.08. The smallest absolute Gasteiger partial charge is 0.0441 e. The van der Waals surface area contributed by atoms with Gasteiger partial charge in [0.1, 0.15) is 0 Å². The summed E-state index contributed by atoms with van der Waals surface area (Å²) >= 11 is 0. The molecular formula is C11H14N2. The first kappa shape index (κ1) is 8.42. The Labute approximate surface area is 78.5 Å². The van der Waals surface area contributed by atoms with Crippen molar-refractivity contribution in [2.45, 2.75) is 26.2 Å². The number of rotatable bonds is 2. The van der Waals surface area contributed by atoms with Gasteiger partial charge in [-0.2, -0.15) is 0 Å². The van der Waals surface area contributed by atoms with Crippen LogP contribution in [-0.2, 0) is 12.8 Å². The lowest BCUT2D eigenvalue weighted by Crippen LogP contribution is -1.99. The average Bonchev–Trinajstić information content (AvgIpc) is 2.49. The Morgan fingerprint density at radius 3 is 3.15 bits per heavy atom. The van der Waals surface area contributed by atoms with Crippen molar-refractivity contribution in [2.24, 2.45) is 5.92 Å². The summed E-state index contributed by atoms with van der Waals surface area (Å²) in [5.74, 6) is 0.626. The molecule has 1 aromatic rings. The van der Waals surface area contributed by atoms with Gasteiger partial charge in [-0.05, 0) is 55.5 Å². The second-order valence-corrected chi connectivity index (χ2v) is 3.77. The first-order valence-corrected chi connectivity index (χ1v) is 4.73. The molecule has 0 radical (unpaired) electrons. The number of fused-ring (bicyclic) bond motifs is 1. The summed E-state index contributed by atoms with van der Waals surface area (Å²) in [6, 6.07) is 2.08. The van der Waals surface area contributed by atoms with Gasteiger partial charge in [-0.1, -0.05) is 0 Å². The Morgan fingerprint density at radius 2 is 2.46 bits per heavy atom. The number of hydrogen-bond acceptors (Lipinski definition) is 2. The van der Waals surface area contributed by atoms with E-state index in [2.05, 4.69) is 18.0 Å². The van der Waals surface area contributed by atoms with Gasteiger partial charge >= 0.3 is 0 Å². The van der Waals surface area contributed by atoms with Crippen molar-refractivity contribution in [1.29, 1.82) is 5.41 Å². The van der Waals surface area contributed by atoms with Crippen LogP contribution in [0.3, 0.4) is 0 Å². The molecule has 2 rings (SSSR count). The van der Waals surface area contributed by atoms with E-state index in [4.69, 9.17) is 5.41 Å². The third-order valence-corrected chi connectivity index (χ3v) is 2.81. The molecule has 0 aliphatic heterocycles. The van der Waals surface area contributed by atoms with Gasteiger partial charge in [-0.3, -0.25) is 4.98 Å². The van der Waals surface area contributed by atoms with Crippen molar-refractivity contribution in [3.05, 3.63) is 29.1 Å². The Bertz CT molecular complexity index is 331. The van der Waals surface area contributed by atoms with Gasteiger partial charge < -0.3 is 5.41 Å². The molecule has 0 amide bonds. The van der Waals surface area contributed by atoms with Crippen LogP contribution in [0.15, 0.2) is 12.3 Å². The van der Waals surface area contributed by atoms with Gasteiger partial charge in [-0.25, -0.2) is 0 Å². The van der Waals surface area contributed by atoms with Crippen molar-refractivity contribution >= 4 is 6.21 Å². The molecule has 0 saturated heterocycles. The van der Waals surface area contributed by atoms with Crippen LogP contribution in [0.5, 0.6) is 0 Å². The van der Waals surface area contributed by atoms with Crippen LogP contribution in [0, 0.1) is 18.3 Å². The Morgan fingerprint density at radius 1 is 1.62 bits per heavy atom. The Hall–Kier alpha value is -1.18. The lowest BCUT2D eigenvalue weighted by atomic mass is 10.0. The van der Waals surface area contributed by atoms with Crippen LogP contribution < -0.4 is 0 Å². The summed E-state index contributed by atoms with van der Waals surface area (Å²) in [7, 11) is 0. The highest BCUT2D eigenvalue weighted by molar-refractivity contribution is 5.54. The third-order valence-electron chi connectivity index (χ3n) is 2.81. The lowest BCUT2D eigenvalue weighted by molar-refractivity contribution is 0.587. The van der Waals surface area contributed by atoms with Crippen LogP contribution in [-0.4, -0.2) is 11.2 Å². The van der Waals surface area contributed by atoms with Crippen molar-refractivity contribution in [2.75, 3.05) is 0 Å². The van der Waals surface area contributed by atoms with Gasteiger partial charge in [0.2, 0.25) is 0 Å². The van der Waals surface area contributed by atoms with E-state index < -0.39 is 0 Å². The lowest BCUT2D eigenvalue weighted by Gasteiger charge is -2.02. The second kappa shape index (κ2) is 3.29. The minimum absolute atomic E-state index is 0.626. The predicted molar refractivity (Wildman–Crippen MR) is 53.3 cm³/mol. The zero-order valence-electron chi connectivity index (χ0n) is 7.88. The van der Waals surface area contributed by atoms with Crippen LogP contribution in [0.4, 0.5) is 0 Å². The normalized spacial score (nSPS) is 19.9. The zero-order chi connectivity index (χ0) is 9.26. The maximum atomic E-state index is 7.08. The van der Waals surface area contributed by atoms with Crippen LogP contribution in [0.1, 0.15) is 23.2 Å². The first-order chi connectivity index (χ1) is 6.31. The fourth-order valence-electron chi connectivity index (χ4n) is 2.07. The van der Waals surface area contributed by atoms with Crippen molar-refractivity contribution in [3.8, 4) is 0 Å². The molecule has 68 valence electrons. The highest BCUT2D eigenvalue weighted by Gasteiger charge is 2.22. The van der Waals surface area contributed by atoms with Gasteiger partial charge in [-0.15, -0.1) is 0 Å². The summed E-state index contributed by atoms with van der Waals surface area (Å²) in [4.78, 5) is 4.38. The Kier molecular flexibility index (Phi) is 2.13. The Balaban J connectivity index is 2.24. The molecular weight excluding hydrogens is 160 g/mol. The molecule has 0 spiro atoms. The van der Waals surface area contributed by atoms with Gasteiger partial charge in [0.05, 0.1) is 0 Å². The molecule has 13 heavy (non-hydrogen) atoms. The van der Waals surface area contributed by atoms with E-state index in [1.54, 1.807) is 0 Å². The van der Waals surface area contributed by atoms with Crippen LogP contribution >= 0.6 is 0 Å². The van der Waals surface area contributed by atoms with E-state index in [-0.39, 0.29) is 0 Å². The number of hydrogen-bond donors (Lipinski definition) is 1. The van der Waals surface area contributed by atoms with E-state index in [1.807, 2.05) is 6.20 Å². The molecule has 1 aromatic heterocycles. The van der Waals surface area contributed by atoms with E-state index in [9.17, 15) is 0 Å². The number of aromatic nitrogens is 1. The quantitative estimate of drug-likeness (QED) is 0.685. The molecule has 1 N–H and O–H groups in total. The van der Waals surface area contributed by atoms with Crippen molar-refractivity contribution in [3.63, 3.8) is 0 Å². The van der Waals surface area contributed by atoms with E-state index in [1.165, 1.54) is 23.0 Å².